The van der Waals surface area contributed by atoms with E-state index in [2.05, 4.69) is 25.9 Å². The van der Waals surface area contributed by atoms with Crippen LogP contribution in [0.15, 0.2) is 43.0 Å². The molecule has 1 aromatic carbocycles. The SMILES string of the molecule is O[C@@H]1C[C@@H](Oc2cccc3c2CNC3)C[C@H]1n1ccc2cncnc21. The fraction of sp³-hybridized carbons (Fsp3) is 0.368. The molecular formula is C19H20N4O2. The van der Waals surface area contributed by atoms with Gasteiger partial charge in [0.2, 0.25) is 0 Å². The van der Waals surface area contributed by atoms with Gasteiger partial charge in [-0.3, -0.25) is 0 Å². The molecule has 6 heteroatoms. The highest BCUT2D eigenvalue weighted by Crippen LogP contribution is 2.36. The summed E-state index contributed by atoms with van der Waals surface area (Å²) in [5.41, 5.74) is 3.42. The Morgan fingerprint density at radius 2 is 2.16 bits per heavy atom. The first-order valence-corrected chi connectivity index (χ1v) is 8.72. The number of nitrogens with zero attached hydrogens (tertiary/aromatic N) is 3. The van der Waals surface area contributed by atoms with E-state index in [0.717, 1.165) is 36.3 Å². The molecule has 0 saturated heterocycles. The van der Waals surface area contributed by atoms with Gasteiger partial charge in [0, 0.05) is 49.3 Å². The summed E-state index contributed by atoms with van der Waals surface area (Å²) < 4.78 is 8.34. The van der Waals surface area contributed by atoms with E-state index < -0.39 is 6.10 Å². The van der Waals surface area contributed by atoms with Gasteiger partial charge in [0.15, 0.2) is 0 Å². The zero-order valence-electron chi connectivity index (χ0n) is 13.8. The number of nitrogens with one attached hydrogen (secondary N) is 1. The minimum absolute atomic E-state index is 0.00591. The van der Waals surface area contributed by atoms with Gasteiger partial charge in [0.1, 0.15) is 23.8 Å². The maximum absolute atomic E-state index is 10.6. The van der Waals surface area contributed by atoms with Crippen LogP contribution in [0.1, 0.15) is 30.0 Å². The molecule has 3 aromatic rings. The van der Waals surface area contributed by atoms with E-state index in [1.54, 1.807) is 12.5 Å². The number of aromatic nitrogens is 3. The molecule has 128 valence electrons. The highest BCUT2D eigenvalue weighted by Gasteiger charge is 2.36. The molecule has 0 radical (unpaired) electrons. The van der Waals surface area contributed by atoms with Gasteiger partial charge < -0.3 is 19.7 Å². The van der Waals surface area contributed by atoms with Crippen molar-refractivity contribution in [1.29, 1.82) is 0 Å². The van der Waals surface area contributed by atoms with Crippen LogP contribution in [0.2, 0.25) is 0 Å². The largest absolute Gasteiger partial charge is 0.490 e. The summed E-state index contributed by atoms with van der Waals surface area (Å²) in [6, 6.07) is 8.18. The second kappa shape index (κ2) is 5.82. The fourth-order valence-corrected chi connectivity index (χ4v) is 4.10. The minimum atomic E-state index is -0.439. The summed E-state index contributed by atoms with van der Waals surface area (Å²) in [6.45, 7) is 1.75. The van der Waals surface area contributed by atoms with Gasteiger partial charge in [-0.05, 0) is 17.7 Å². The van der Waals surface area contributed by atoms with Gasteiger partial charge >= 0.3 is 0 Å². The maximum Gasteiger partial charge on any atom is 0.143 e. The average molecular weight is 336 g/mol. The quantitative estimate of drug-likeness (QED) is 0.767. The summed E-state index contributed by atoms with van der Waals surface area (Å²) in [5, 5.41) is 15.0. The van der Waals surface area contributed by atoms with E-state index in [1.807, 2.05) is 24.4 Å². The number of aliphatic hydroxyl groups excluding tert-OH is 1. The van der Waals surface area contributed by atoms with Crippen LogP contribution in [0.3, 0.4) is 0 Å². The van der Waals surface area contributed by atoms with Crippen molar-refractivity contribution in [2.45, 2.75) is 44.2 Å². The van der Waals surface area contributed by atoms with Gasteiger partial charge in [-0.25, -0.2) is 9.97 Å². The lowest BCUT2D eigenvalue weighted by atomic mass is 10.1. The molecule has 2 aromatic heterocycles. The van der Waals surface area contributed by atoms with Crippen molar-refractivity contribution in [3.8, 4) is 5.75 Å². The predicted molar refractivity (Wildman–Crippen MR) is 93.2 cm³/mol. The van der Waals surface area contributed by atoms with Crippen molar-refractivity contribution in [3.63, 3.8) is 0 Å². The molecule has 1 aliphatic heterocycles. The summed E-state index contributed by atoms with van der Waals surface area (Å²) in [5.74, 6) is 0.944. The maximum atomic E-state index is 10.6. The van der Waals surface area contributed by atoms with E-state index in [9.17, 15) is 5.11 Å². The van der Waals surface area contributed by atoms with E-state index in [1.165, 1.54) is 11.1 Å². The van der Waals surface area contributed by atoms with Crippen LogP contribution in [0.5, 0.6) is 5.75 Å². The van der Waals surface area contributed by atoms with Crippen LogP contribution in [0.4, 0.5) is 0 Å². The Morgan fingerprint density at radius 3 is 3.12 bits per heavy atom. The monoisotopic (exact) mass is 336 g/mol. The Labute approximate surface area is 145 Å². The third-order valence-corrected chi connectivity index (χ3v) is 5.33. The standard InChI is InChI=1S/C19H20N4O2/c24-17-7-14(25-18-3-1-2-12-8-20-10-15(12)18)6-16(17)23-5-4-13-9-21-11-22-19(13)23/h1-5,9,11,14,16-17,20,24H,6-8,10H2/t14-,16+,17+/m0/s1. The van der Waals surface area contributed by atoms with Crippen molar-refractivity contribution in [1.82, 2.24) is 19.9 Å². The first-order chi connectivity index (χ1) is 12.3. The summed E-state index contributed by atoms with van der Waals surface area (Å²) in [7, 11) is 0. The molecule has 0 unspecified atom stereocenters. The molecule has 6 nitrogen and oxygen atoms in total. The molecule has 2 aliphatic rings. The lowest BCUT2D eigenvalue weighted by molar-refractivity contribution is 0.128. The van der Waals surface area contributed by atoms with E-state index in [-0.39, 0.29) is 12.1 Å². The second-order valence-corrected chi connectivity index (χ2v) is 6.87. The number of fused-ring (bicyclic) bond motifs is 2. The van der Waals surface area contributed by atoms with Gasteiger partial charge in [0.05, 0.1) is 12.1 Å². The number of benzene rings is 1. The Balaban J connectivity index is 1.39. The third-order valence-electron chi connectivity index (χ3n) is 5.33. The smallest absolute Gasteiger partial charge is 0.143 e. The number of aliphatic hydroxyl groups is 1. The number of hydrogen-bond donors (Lipinski definition) is 2. The minimum Gasteiger partial charge on any atom is -0.490 e. The highest BCUT2D eigenvalue weighted by atomic mass is 16.5. The molecule has 1 aliphatic carbocycles. The van der Waals surface area contributed by atoms with Gasteiger partial charge in [-0.15, -0.1) is 0 Å². The molecular weight excluding hydrogens is 316 g/mol. The molecule has 5 rings (SSSR count). The first-order valence-electron chi connectivity index (χ1n) is 8.72. The normalized spacial score (nSPS) is 25.4. The molecule has 3 atom stereocenters. The van der Waals surface area contributed by atoms with Crippen LogP contribution in [0.25, 0.3) is 11.0 Å². The Morgan fingerprint density at radius 1 is 1.20 bits per heavy atom. The van der Waals surface area contributed by atoms with Gasteiger partial charge in [-0.1, -0.05) is 12.1 Å². The van der Waals surface area contributed by atoms with Crippen LogP contribution in [0, 0.1) is 0 Å². The van der Waals surface area contributed by atoms with Crippen molar-refractivity contribution in [3.05, 3.63) is 54.1 Å². The first kappa shape index (κ1) is 14.9. The zero-order chi connectivity index (χ0) is 16.8. The third kappa shape index (κ3) is 2.49. The summed E-state index contributed by atoms with van der Waals surface area (Å²) >= 11 is 0. The van der Waals surface area contributed by atoms with E-state index >= 15 is 0 Å². The highest BCUT2D eigenvalue weighted by molar-refractivity contribution is 5.74. The van der Waals surface area contributed by atoms with Crippen LogP contribution in [-0.4, -0.2) is 31.8 Å². The topological polar surface area (TPSA) is 72.2 Å². The van der Waals surface area contributed by atoms with Crippen LogP contribution < -0.4 is 10.1 Å². The molecule has 1 fully saturated rings. The molecule has 25 heavy (non-hydrogen) atoms. The van der Waals surface area contributed by atoms with Crippen LogP contribution in [-0.2, 0) is 13.1 Å². The molecule has 1 saturated carbocycles. The molecule has 0 bridgehead atoms. The van der Waals surface area contributed by atoms with Crippen molar-refractivity contribution < 1.29 is 9.84 Å². The molecule has 2 N–H and O–H groups in total. The predicted octanol–water partition coefficient (Wildman–Crippen LogP) is 2.18. The Hall–Kier alpha value is -2.44. The van der Waals surface area contributed by atoms with Crippen LogP contribution >= 0.6 is 0 Å². The second-order valence-electron chi connectivity index (χ2n) is 6.87. The van der Waals surface area contributed by atoms with Gasteiger partial charge in [0.25, 0.3) is 0 Å². The van der Waals surface area contributed by atoms with E-state index in [4.69, 9.17) is 4.74 Å². The number of hydrogen-bond acceptors (Lipinski definition) is 5. The Kier molecular flexibility index (Phi) is 3.46. The zero-order valence-corrected chi connectivity index (χ0v) is 13.8. The van der Waals surface area contributed by atoms with Gasteiger partial charge in [-0.2, -0.15) is 0 Å². The molecule has 0 amide bonds. The van der Waals surface area contributed by atoms with Crippen molar-refractivity contribution >= 4 is 11.0 Å². The molecule has 3 heterocycles. The van der Waals surface area contributed by atoms with Crippen molar-refractivity contribution in [2.24, 2.45) is 0 Å². The average Bonchev–Trinajstić information content (AvgIpc) is 3.33. The lowest BCUT2D eigenvalue weighted by Crippen LogP contribution is -2.17. The number of rotatable bonds is 3. The fourth-order valence-electron chi connectivity index (χ4n) is 4.10. The van der Waals surface area contributed by atoms with Crippen molar-refractivity contribution in [2.75, 3.05) is 0 Å². The number of ether oxygens (including phenoxy) is 1. The lowest BCUT2D eigenvalue weighted by Gasteiger charge is -2.18. The van der Waals surface area contributed by atoms with E-state index in [0.29, 0.717) is 6.42 Å². The molecule has 0 spiro atoms. The Bertz CT molecular complexity index is 923. The summed E-state index contributed by atoms with van der Waals surface area (Å²) in [6.07, 6.45) is 6.30. The summed E-state index contributed by atoms with van der Waals surface area (Å²) in [4.78, 5) is 8.43.